The van der Waals surface area contributed by atoms with Gasteiger partial charge in [0.25, 0.3) is 0 Å². The van der Waals surface area contributed by atoms with E-state index in [1.807, 2.05) is 24.3 Å². The number of carbonyl (C=O) groups is 1. The van der Waals surface area contributed by atoms with Crippen LogP contribution in [0.5, 0.6) is 0 Å². The predicted molar refractivity (Wildman–Crippen MR) is 77.9 cm³/mol. The Bertz CT molecular complexity index is 611. The monoisotopic (exact) mass is 292 g/mol. The van der Waals surface area contributed by atoms with E-state index in [0.29, 0.717) is 10.6 Å². The van der Waals surface area contributed by atoms with Gasteiger partial charge in [-0.2, -0.15) is 0 Å². The van der Waals surface area contributed by atoms with E-state index in [2.05, 4.69) is 0 Å². The van der Waals surface area contributed by atoms with Gasteiger partial charge in [-0.1, -0.05) is 53.7 Å². The van der Waals surface area contributed by atoms with E-state index in [0.717, 1.165) is 15.4 Å². The average molecular weight is 293 g/mol. The molecule has 0 aliphatic rings. The van der Waals surface area contributed by atoms with Crippen molar-refractivity contribution in [1.29, 1.82) is 0 Å². The molecule has 0 aromatic heterocycles. The zero-order valence-corrected chi connectivity index (χ0v) is 12.0. The first-order chi connectivity index (χ1) is 9.13. The van der Waals surface area contributed by atoms with Gasteiger partial charge in [0.15, 0.2) is 5.78 Å². The zero-order chi connectivity index (χ0) is 13.8. The van der Waals surface area contributed by atoms with Crippen LogP contribution in [0.3, 0.4) is 0 Å². The topological polar surface area (TPSA) is 37.3 Å². The van der Waals surface area contributed by atoms with E-state index in [4.69, 9.17) is 11.6 Å². The van der Waals surface area contributed by atoms with Crippen molar-refractivity contribution in [3.8, 4) is 0 Å². The van der Waals surface area contributed by atoms with Gasteiger partial charge in [-0.15, -0.1) is 0 Å². The molecule has 4 heteroatoms. The van der Waals surface area contributed by atoms with E-state index in [-0.39, 0.29) is 12.4 Å². The molecule has 0 atom stereocenters. The van der Waals surface area contributed by atoms with Crippen LogP contribution in [0.1, 0.15) is 22.8 Å². The molecule has 0 spiro atoms. The summed E-state index contributed by atoms with van der Waals surface area (Å²) in [5.74, 6) is -0.0218. The summed E-state index contributed by atoms with van der Waals surface area (Å²) in [6.07, 6.45) is 0. The molecule has 0 fully saturated rings. The predicted octanol–water partition coefficient (Wildman–Crippen LogP) is 4.19. The van der Waals surface area contributed by atoms with Gasteiger partial charge in [0.05, 0.1) is 11.6 Å². The maximum Gasteiger partial charge on any atom is 0.160 e. The number of halogens is 1. The number of aliphatic hydroxyl groups excluding tert-OH is 1. The molecule has 2 aromatic carbocycles. The number of carbonyl (C=O) groups excluding carboxylic acids is 1. The maximum atomic E-state index is 11.6. The van der Waals surface area contributed by atoms with Crippen molar-refractivity contribution < 1.29 is 9.90 Å². The number of rotatable bonds is 4. The van der Waals surface area contributed by atoms with Crippen molar-refractivity contribution in [2.24, 2.45) is 0 Å². The number of Topliss-reactive ketones (excluding diaryl/α,β-unsaturated/α-hetero) is 1. The smallest absolute Gasteiger partial charge is 0.160 e. The number of hydrogen-bond acceptors (Lipinski definition) is 3. The highest BCUT2D eigenvalue weighted by Crippen LogP contribution is 2.37. The molecule has 0 bridgehead atoms. The first-order valence-corrected chi connectivity index (χ1v) is 6.99. The minimum atomic E-state index is -0.0387. The maximum absolute atomic E-state index is 11.6. The summed E-state index contributed by atoms with van der Waals surface area (Å²) < 4.78 is 0. The fourth-order valence-electron chi connectivity index (χ4n) is 1.73. The summed E-state index contributed by atoms with van der Waals surface area (Å²) in [5.41, 5.74) is 1.42. The Hall–Kier alpha value is -1.29. The number of ketones is 1. The fourth-order valence-corrected chi connectivity index (χ4v) is 3.14. The molecule has 0 unspecified atom stereocenters. The lowest BCUT2D eigenvalue weighted by atomic mass is 10.1. The average Bonchev–Trinajstić information content (AvgIpc) is 2.41. The summed E-state index contributed by atoms with van der Waals surface area (Å²) in [5, 5.41) is 9.88. The molecule has 0 aliphatic heterocycles. The van der Waals surface area contributed by atoms with E-state index in [1.165, 1.54) is 18.7 Å². The van der Waals surface area contributed by atoms with E-state index < -0.39 is 0 Å². The van der Waals surface area contributed by atoms with E-state index in [1.54, 1.807) is 18.2 Å². The van der Waals surface area contributed by atoms with Crippen molar-refractivity contribution >= 4 is 29.1 Å². The van der Waals surface area contributed by atoms with Crippen molar-refractivity contribution in [2.45, 2.75) is 23.3 Å². The summed E-state index contributed by atoms with van der Waals surface area (Å²) >= 11 is 7.59. The molecule has 19 heavy (non-hydrogen) atoms. The Morgan fingerprint density at radius 3 is 2.63 bits per heavy atom. The molecule has 0 radical (unpaired) electrons. The standard InChI is InChI=1S/C15H13ClO2S/c1-10(18)12-6-4-7-13(16)15(12)19-14-8-3-2-5-11(14)9-17/h2-8,17H,9H2,1H3. The van der Waals surface area contributed by atoms with Crippen LogP contribution in [0.2, 0.25) is 5.02 Å². The van der Waals surface area contributed by atoms with Gasteiger partial charge in [-0.05, 0) is 24.6 Å². The third-order valence-electron chi connectivity index (χ3n) is 2.70. The number of benzene rings is 2. The Labute approximate surface area is 121 Å². The molecule has 0 saturated heterocycles. The SMILES string of the molecule is CC(=O)c1cccc(Cl)c1Sc1ccccc1CO. The normalized spacial score (nSPS) is 10.5. The third-order valence-corrected chi connectivity index (χ3v) is 4.39. The lowest BCUT2D eigenvalue weighted by molar-refractivity contribution is 0.101. The highest BCUT2D eigenvalue weighted by atomic mass is 35.5. The van der Waals surface area contributed by atoms with Crippen LogP contribution < -0.4 is 0 Å². The van der Waals surface area contributed by atoms with Gasteiger partial charge in [-0.25, -0.2) is 0 Å². The Kier molecular flexibility index (Phi) is 4.64. The van der Waals surface area contributed by atoms with Crippen LogP contribution in [0.15, 0.2) is 52.3 Å². The summed E-state index contributed by atoms with van der Waals surface area (Å²) in [7, 11) is 0. The molecule has 0 heterocycles. The van der Waals surface area contributed by atoms with Crippen LogP contribution in [0, 0.1) is 0 Å². The quantitative estimate of drug-likeness (QED) is 0.859. The van der Waals surface area contributed by atoms with Crippen LogP contribution >= 0.6 is 23.4 Å². The van der Waals surface area contributed by atoms with Gasteiger partial charge in [0, 0.05) is 15.4 Å². The minimum absolute atomic E-state index is 0.0218. The first kappa shape index (κ1) is 14.1. The second kappa shape index (κ2) is 6.24. The second-order valence-electron chi connectivity index (χ2n) is 4.04. The van der Waals surface area contributed by atoms with E-state index >= 15 is 0 Å². The van der Waals surface area contributed by atoms with Crippen LogP contribution in [-0.4, -0.2) is 10.9 Å². The van der Waals surface area contributed by atoms with Gasteiger partial charge in [-0.3, -0.25) is 4.79 Å². The third kappa shape index (κ3) is 3.18. The first-order valence-electron chi connectivity index (χ1n) is 5.79. The molecule has 2 rings (SSSR count). The summed E-state index contributed by atoms with van der Waals surface area (Å²) in [6.45, 7) is 1.48. The highest BCUT2D eigenvalue weighted by molar-refractivity contribution is 7.99. The minimum Gasteiger partial charge on any atom is -0.392 e. The zero-order valence-electron chi connectivity index (χ0n) is 10.4. The molecule has 0 aliphatic carbocycles. The molecular formula is C15H13ClO2S. The van der Waals surface area contributed by atoms with E-state index in [9.17, 15) is 9.90 Å². The van der Waals surface area contributed by atoms with Crippen molar-refractivity contribution in [3.63, 3.8) is 0 Å². The van der Waals surface area contributed by atoms with Crippen LogP contribution in [-0.2, 0) is 6.61 Å². The molecule has 0 saturated carbocycles. The van der Waals surface area contributed by atoms with Crippen LogP contribution in [0.25, 0.3) is 0 Å². The molecule has 0 amide bonds. The fraction of sp³-hybridized carbons (Fsp3) is 0.133. The lowest BCUT2D eigenvalue weighted by Gasteiger charge is -2.11. The summed E-state index contributed by atoms with van der Waals surface area (Å²) in [4.78, 5) is 13.3. The summed E-state index contributed by atoms with van der Waals surface area (Å²) in [6, 6.07) is 12.8. The molecule has 1 N–H and O–H groups in total. The lowest BCUT2D eigenvalue weighted by Crippen LogP contribution is -1.96. The van der Waals surface area contributed by atoms with Gasteiger partial charge in [0.1, 0.15) is 0 Å². The van der Waals surface area contributed by atoms with Crippen molar-refractivity contribution in [1.82, 2.24) is 0 Å². The Morgan fingerprint density at radius 1 is 1.21 bits per heavy atom. The molecule has 98 valence electrons. The Balaban J connectivity index is 2.46. The van der Waals surface area contributed by atoms with Crippen molar-refractivity contribution in [2.75, 3.05) is 0 Å². The molecule has 2 aromatic rings. The Morgan fingerprint density at radius 2 is 1.95 bits per heavy atom. The van der Waals surface area contributed by atoms with Crippen molar-refractivity contribution in [3.05, 3.63) is 58.6 Å². The van der Waals surface area contributed by atoms with Gasteiger partial charge < -0.3 is 5.11 Å². The van der Waals surface area contributed by atoms with Gasteiger partial charge >= 0.3 is 0 Å². The second-order valence-corrected chi connectivity index (χ2v) is 5.50. The van der Waals surface area contributed by atoms with Gasteiger partial charge in [0.2, 0.25) is 0 Å². The molecule has 2 nitrogen and oxygen atoms in total. The largest absolute Gasteiger partial charge is 0.392 e. The highest BCUT2D eigenvalue weighted by Gasteiger charge is 2.13. The van der Waals surface area contributed by atoms with Crippen LogP contribution in [0.4, 0.5) is 0 Å². The molecular weight excluding hydrogens is 280 g/mol. The number of aliphatic hydroxyl groups is 1. The number of hydrogen-bond donors (Lipinski definition) is 1.